The number of carbonyl (C=O) groups is 2. The number of rotatable bonds is 4. The molecule has 1 aliphatic heterocycles. The predicted octanol–water partition coefficient (Wildman–Crippen LogP) is 0.973. The lowest BCUT2D eigenvalue weighted by molar-refractivity contribution is -0.125. The minimum absolute atomic E-state index is 0.0407. The van der Waals surface area contributed by atoms with Gasteiger partial charge in [-0.15, -0.1) is 0 Å². The lowest BCUT2D eigenvalue weighted by Gasteiger charge is -2.28. The number of nitrogens with zero attached hydrogens (tertiary/aromatic N) is 2. The number of hydrogen-bond acceptors (Lipinski definition) is 6. The molecule has 25 heavy (non-hydrogen) atoms. The Morgan fingerprint density at radius 3 is 2.92 bits per heavy atom. The van der Waals surface area contributed by atoms with Crippen LogP contribution in [-0.4, -0.2) is 41.4 Å². The normalized spacial score (nSPS) is 13.4. The number of carbonyl (C=O) groups excluding carboxylic acids is 2. The van der Waals surface area contributed by atoms with Crippen LogP contribution in [0.2, 0.25) is 0 Å². The number of para-hydroxylation sites is 2. The van der Waals surface area contributed by atoms with E-state index in [9.17, 15) is 19.8 Å². The molecular weight excluding hydrogens is 326 g/mol. The smallest absolute Gasteiger partial charge is 0.265 e. The monoisotopic (exact) mass is 341 g/mol. The molecule has 3 N–H and O–H groups in total. The van der Waals surface area contributed by atoms with Crippen molar-refractivity contribution in [2.45, 2.75) is 0 Å². The van der Waals surface area contributed by atoms with E-state index in [0.717, 1.165) is 0 Å². The molecule has 1 heterocycles. The molecule has 0 unspecified atom stereocenters. The van der Waals surface area contributed by atoms with E-state index in [1.807, 2.05) is 0 Å². The maximum atomic E-state index is 12.0. The van der Waals surface area contributed by atoms with Crippen LogP contribution in [0, 0.1) is 0 Å². The molecule has 2 aromatic carbocycles. The van der Waals surface area contributed by atoms with E-state index in [0.29, 0.717) is 11.4 Å². The first-order chi connectivity index (χ1) is 12.0. The number of hydrazone groups is 1. The molecule has 0 radical (unpaired) electrons. The number of amides is 2. The van der Waals surface area contributed by atoms with Gasteiger partial charge in [-0.05, 0) is 30.3 Å². The summed E-state index contributed by atoms with van der Waals surface area (Å²) in [5.74, 6) is -0.443. The number of benzene rings is 2. The minimum Gasteiger partial charge on any atom is -0.508 e. The number of anilines is 1. The fraction of sp³-hybridized carbons (Fsp3) is 0.118. The average molecular weight is 341 g/mol. The number of nitrogens with one attached hydrogen (secondary N) is 1. The van der Waals surface area contributed by atoms with Crippen molar-refractivity contribution in [1.29, 1.82) is 0 Å². The molecule has 0 aromatic heterocycles. The quantitative estimate of drug-likeness (QED) is 0.436. The average Bonchev–Trinajstić information content (AvgIpc) is 2.60. The molecule has 0 aliphatic carbocycles. The van der Waals surface area contributed by atoms with E-state index in [4.69, 9.17) is 4.74 Å². The number of phenolic OH excluding ortho intramolecular Hbond substituents is 2. The highest BCUT2D eigenvalue weighted by atomic mass is 16.5. The highest BCUT2D eigenvalue weighted by Gasteiger charge is 2.26. The lowest BCUT2D eigenvalue weighted by Crippen LogP contribution is -2.44. The van der Waals surface area contributed by atoms with Crippen LogP contribution in [0.15, 0.2) is 47.6 Å². The summed E-state index contributed by atoms with van der Waals surface area (Å²) < 4.78 is 5.31. The molecule has 8 heteroatoms. The zero-order valence-corrected chi connectivity index (χ0v) is 13.0. The number of fused-ring (bicyclic) bond motifs is 1. The summed E-state index contributed by atoms with van der Waals surface area (Å²) in [7, 11) is 0. The molecule has 0 spiro atoms. The number of aromatic hydroxyl groups is 2. The van der Waals surface area contributed by atoms with Crippen LogP contribution in [0.3, 0.4) is 0 Å². The van der Waals surface area contributed by atoms with Gasteiger partial charge in [0.05, 0.1) is 11.9 Å². The second-order valence-electron chi connectivity index (χ2n) is 5.27. The second-order valence-corrected chi connectivity index (χ2v) is 5.27. The van der Waals surface area contributed by atoms with Crippen LogP contribution in [0.5, 0.6) is 17.2 Å². The van der Waals surface area contributed by atoms with Gasteiger partial charge >= 0.3 is 0 Å². The summed E-state index contributed by atoms with van der Waals surface area (Å²) in [4.78, 5) is 25.3. The third-order valence-electron chi connectivity index (χ3n) is 3.51. The molecule has 0 saturated heterocycles. The van der Waals surface area contributed by atoms with Crippen LogP contribution < -0.4 is 15.1 Å². The molecule has 1 aliphatic rings. The van der Waals surface area contributed by atoms with Crippen LogP contribution >= 0.6 is 0 Å². The van der Waals surface area contributed by atoms with Gasteiger partial charge in [0.1, 0.15) is 23.8 Å². The largest absolute Gasteiger partial charge is 0.508 e. The molecular formula is C17H15N3O5. The van der Waals surface area contributed by atoms with E-state index in [2.05, 4.69) is 10.5 Å². The van der Waals surface area contributed by atoms with E-state index >= 15 is 0 Å². The Morgan fingerprint density at radius 1 is 1.28 bits per heavy atom. The van der Waals surface area contributed by atoms with Gasteiger partial charge in [-0.1, -0.05) is 12.1 Å². The molecule has 0 fully saturated rings. The second kappa shape index (κ2) is 6.91. The van der Waals surface area contributed by atoms with E-state index in [1.165, 1.54) is 29.3 Å². The molecule has 2 amide bonds. The summed E-state index contributed by atoms with van der Waals surface area (Å²) in [6.07, 6.45) is 1.20. The number of ether oxygens (including phenoxy) is 1. The van der Waals surface area contributed by atoms with Crippen molar-refractivity contribution in [3.63, 3.8) is 0 Å². The van der Waals surface area contributed by atoms with Crippen molar-refractivity contribution in [2.75, 3.05) is 18.1 Å². The van der Waals surface area contributed by atoms with Crippen LogP contribution in [0.1, 0.15) is 5.56 Å². The Balaban J connectivity index is 1.66. The zero-order chi connectivity index (χ0) is 17.8. The number of phenols is 2. The Labute approximate surface area is 143 Å². The molecule has 0 saturated carbocycles. The molecule has 0 bridgehead atoms. The maximum Gasteiger partial charge on any atom is 0.265 e. The van der Waals surface area contributed by atoms with Crippen LogP contribution in [0.25, 0.3) is 0 Å². The van der Waals surface area contributed by atoms with E-state index in [1.54, 1.807) is 24.3 Å². The third-order valence-corrected chi connectivity index (χ3v) is 3.51. The third kappa shape index (κ3) is 3.69. The van der Waals surface area contributed by atoms with Gasteiger partial charge in [0, 0.05) is 5.56 Å². The fourth-order valence-electron chi connectivity index (χ4n) is 2.33. The first-order valence-electron chi connectivity index (χ1n) is 7.40. The summed E-state index contributed by atoms with van der Waals surface area (Å²) in [6, 6.07) is 10.9. The first-order valence-corrected chi connectivity index (χ1v) is 7.40. The van der Waals surface area contributed by atoms with Crippen molar-refractivity contribution < 1.29 is 24.5 Å². The molecule has 128 valence electrons. The van der Waals surface area contributed by atoms with Crippen molar-refractivity contribution >= 4 is 23.7 Å². The Hall–Kier alpha value is -3.55. The summed E-state index contributed by atoms with van der Waals surface area (Å²) >= 11 is 0. The highest BCUT2D eigenvalue weighted by Crippen LogP contribution is 2.31. The molecule has 3 rings (SSSR count). The standard InChI is InChI=1S/C17H15N3O5/c21-12-5-6-14(22)11(7-12)8-18-19-16(23)9-20-13-3-1-2-4-15(13)25-10-17(20)24/h1-8,21-22H,9-10H2,(H,19,23)/b18-8+. The topological polar surface area (TPSA) is 111 Å². The Bertz CT molecular complexity index is 850. The maximum absolute atomic E-state index is 12.0. The number of hydrogen-bond donors (Lipinski definition) is 3. The molecule has 2 aromatic rings. The minimum atomic E-state index is -0.513. The SMILES string of the molecule is O=C(CN1C(=O)COc2ccccc21)N/N=C/c1cc(O)ccc1O. The fourth-order valence-corrected chi connectivity index (χ4v) is 2.33. The van der Waals surface area contributed by atoms with Gasteiger partial charge in [0.15, 0.2) is 6.61 Å². The molecule has 8 nitrogen and oxygen atoms in total. The Kier molecular flexibility index (Phi) is 4.51. The van der Waals surface area contributed by atoms with Gasteiger partial charge in [0.2, 0.25) is 0 Å². The summed E-state index contributed by atoms with van der Waals surface area (Å²) in [6.45, 7) is -0.354. The van der Waals surface area contributed by atoms with E-state index in [-0.39, 0.29) is 36.1 Å². The van der Waals surface area contributed by atoms with Gasteiger partial charge in [-0.25, -0.2) is 5.43 Å². The predicted molar refractivity (Wildman–Crippen MR) is 89.8 cm³/mol. The highest BCUT2D eigenvalue weighted by molar-refractivity contribution is 6.02. The lowest BCUT2D eigenvalue weighted by atomic mass is 10.2. The van der Waals surface area contributed by atoms with Gasteiger partial charge in [-0.2, -0.15) is 5.10 Å². The van der Waals surface area contributed by atoms with E-state index < -0.39 is 5.91 Å². The Morgan fingerprint density at radius 2 is 2.08 bits per heavy atom. The van der Waals surface area contributed by atoms with Crippen molar-refractivity contribution in [1.82, 2.24) is 5.43 Å². The molecule has 0 atom stereocenters. The summed E-state index contributed by atoms with van der Waals surface area (Å²) in [5.41, 5.74) is 3.04. The van der Waals surface area contributed by atoms with Crippen LogP contribution in [0.4, 0.5) is 5.69 Å². The summed E-state index contributed by atoms with van der Waals surface area (Å²) in [5, 5.41) is 22.7. The van der Waals surface area contributed by atoms with Crippen molar-refractivity contribution in [3.05, 3.63) is 48.0 Å². The van der Waals surface area contributed by atoms with Gasteiger partial charge < -0.3 is 14.9 Å². The first kappa shape index (κ1) is 16.3. The van der Waals surface area contributed by atoms with Crippen molar-refractivity contribution in [2.24, 2.45) is 5.10 Å². The van der Waals surface area contributed by atoms with Gasteiger partial charge in [0.25, 0.3) is 11.8 Å². The van der Waals surface area contributed by atoms with Crippen molar-refractivity contribution in [3.8, 4) is 17.2 Å². The zero-order valence-electron chi connectivity index (χ0n) is 13.0. The van der Waals surface area contributed by atoms with Gasteiger partial charge in [-0.3, -0.25) is 14.5 Å². The van der Waals surface area contributed by atoms with Crippen LogP contribution in [-0.2, 0) is 9.59 Å².